The summed E-state index contributed by atoms with van der Waals surface area (Å²) in [6.07, 6.45) is -0.792. The summed E-state index contributed by atoms with van der Waals surface area (Å²) in [7, 11) is 0. The van der Waals surface area contributed by atoms with Crippen LogP contribution in [0.4, 0.5) is 10.5 Å². The van der Waals surface area contributed by atoms with Gasteiger partial charge < -0.3 is 10.4 Å². The SMILES string of the molecule is O=C(O)N[C@@H](Cc1ccc([N+](=O)[O-])cc1)c1nc(-c2ccccc2)cs1. The molecule has 7 nitrogen and oxygen atoms in total. The topological polar surface area (TPSA) is 105 Å². The second-order valence-electron chi connectivity index (χ2n) is 5.57. The van der Waals surface area contributed by atoms with Gasteiger partial charge in [-0.25, -0.2) is 9.78 Å². The van der Waals surface area contributed by atoms with Crippen LogP contribution >= 0.6 is 11.3 Å². The Bertz CT molecular complexity index is 910. The Morgan fingerprint density at radius 2 is 1.88 bits per heavy atom. The number of nitro benzene ring substituents is 1. The summed E-state index contributed by atoms with van der Waals surface area (Å²) < 4.78 is 0. The molecule has 3 aromatic rings. The van der Waals surface area contributed by atoms with E-state index in [1.165, 1.54) is 23.5 Å². The number of aromatic nitrogens is 1. The minimum Gasteiger partial charge on any atom is -0.465 e. The van der Waals surface area contributed by atoms with Crippen LogP contribution in [0.5, 0.6) is 0 Å². The van der Waals surface area contributed by atoms with E-state index in [-0.39, 0.29) is 5.69 Å². The lowest BCUT2D eigenvalue weighted by Gasteiger charge is -2.14. The van der Waals surface area contributed by atoms with Crippen LogP contribution in [0, 0.1) is 10.1 Å². The van der Waals surface area contributed by atoms with Crippen molar-refractivity contribution in [2.75, 3.05) is 0 Å². The highest BCUT2D eigenvalue weighted by atomic mass is 32.1. The van der Waals surface area contributed by atoms with Gasteiger partial charge in [-0.1, -0.05) is 42.5 Å². The first-order valence-electron chi connectivity index (χ1n) is 7.76. The van der Waals surface area contributed by atoms with Crippen molar-refractivity contribution in [3.63, 3.8) is 0 Å². The number of nitro groups is 1. The van der Waals surface area contributed by atoms with Crippen LogP contribution in [0.3, 0.4) is 0 Å². The van der Waals surface area contributed by atoms with Gasteiger partial charge in [-0.2, -0.15) is 0 Å². The Morgan fingerprint density at radius 3 is 2.50 bits per heavy atom. The van der Waals surface area contributed by atoms with Gasteiger partial charge in [0, 0.05) is 23.1 Å². The first-order valence-corrected chi connectivity index (χ1v) is 8.64. The molecule has 1 heterocycles. The maximum Gasteiger partial charge on any atom is 0.405 e. The molecule has 0 aliphatic heterocycles. The molecule has 0 aliphatic carbocycles. The number of non-ortho nitro benzene ring substituents is 1. The van der Waals surface area contributed by atoms with E-state index in [1.54, 1.807) is 12.1 Å². The van der Waals surface area contributed by atoms with Gasteiger partial charge in [0.15, 0.2) is 0 Å². The first kappa shape index (κ1) is 17.6. The highest BCUT2D eigenvalue weighted by Crippen LogP contribution is 2.28. The molecule has 0 aliphatic rings. The molecule has 26 heavy (non-hydrogen) atoms. The Kier molecular flexibility index (Phi) is 5.23. The molecule has 8 heteroatoms. The number of benzene rings is 2. The van der Waals surface area contributed by atoms with E-state index in [0.717, 1.165) is 16.8 Å². The molecule has 1 atom stereocenters. The number of carboxylic acid groups (broad SMARTS) is 1. The molecule has 1 aromatic heterocycles. The average molecular weight is 369 g/mol. The average Bonchev–Trinajstić information content (AvgIpc) is 3.12. The molecule has 0 spiro atoms. The number of carbonyl (C=O) groups is 1. The number of hydrogen-bond donors (Lipinski definition) is 2. The Labute approximate surface area is 153 Å². The fourth-order valence-electron chi connectivity index (χ4n) is 2.53. The Hall–Kier alpha value is -3.26. The van der Waals surface area contributed by atoms with Gasteiger partial charge in [0.25, 0.3) is 5.69 Å². The van der Waals surface area contributed by atoms with Gasteiger partial charge >= 0.3 is 6.09 Å². The zero-order chi connectivity index (χ0) is 18.5. The summed E-state index contributed by atoms with van der Waals surface area (Å²) in [6, 6.07) is 15.2. The summed E-state index contributed by atoms with van der Waals surface area (Å²) in [5.74, 6) is 0. The highest BCUT2D eigenvalue weighted by Gasteiger charge is 2.19. The molecule has 132 valence electrons. The van der Waals surface area contributed by atoms with Crippen molar-refractivity contribution >= 4 is 23.1 Å². The van der Waals surface area contributed by atoms with E-state index in [4.69, 9.17) is 5.11 Å². The van der Waals surface area contributed by atoms with Crippen LogP contribution in [0.25, 0.3) is 11.3 Å². The van der Waals surface area contributed by atoms with Gasteiger partial charge in [-0.15, -0.1) is 11.3 Å². The lowest BCUT2D eigenvalue weighted by molar-refractivity contribution is -0.384. The summed E-state index contributed by atoms with van der Waals surface area (Å²) in [6.45, 7) is 0. The number of amides is 1. The van der Waals surface area contributed by atoms with Gasteiger partial charge in [0.05, 0.1) is 16.7 Å². The largest absolute Gasteiger partial charge is 0.465 e. The van der Waals surface area contributed by atoms with Crippen LogP contribution < -0.4 is 5.32 Å². The van der Waals surface area contributed by atoms with Crippen molar-refractivity contribution in [2.45, 2.75) is 12.5 Å². The second kappa shape index (κ2) is 7.75. The van der Waals surface area contributed by atoms with E-state index in [0.29, 0.717) is 11.4 Å². The van der Waals surface area contributed by atoms with Crippen molar-refractivity contribution in [2.24, 2.45) is 0 Å². The minimum absolute atomic E-state index is 0.00268. The molecule has 0 bridgehead atoms. The summed E-state index contributed by atoms with van der Waals surface area (Å²) in [4.78, 5) is 26.0. The van der Waals surface area contributed by atoms with E-state index in [9.17, 15) is 14.9 Å². The third-order valence-corrected chi connectivity index (χ3v) is 4.73. The van der Waals surface area contributed by atoms with Crippen LogP contribution in [-0.4, -0.2) is 21.1 Å². The monoisotopic (exact) mass is 369 g/mol. The zero-order valence-corrected chi connectivity index (χ0v) is 14.3. The molecule has 0 radical (unpaired) electrons. The van der Waals surface area contributed by atoms with Crippen LogP contribution in [0.1, 0.15) is 16.6 Å². The molecular weight excluding hydrogens is 354 g/mol. The summed E-state index contributed by atoms with van der Waals surface area (Å²) >= 11 is 1.38. The van der Waals surface area contributed by atoms with Crippen LogP contribution in [0.15, 0.2) is 60.0 Å². The molecule has 3 rings (SSSR count). The number of thiazole rings is 1. The maximum atomic E-state index is 11.2. The zero-order valence-electron chi connectivity index (χ0n) is 13.5. The van der Waals surface area contributed by atoms with Gasteiger partial charge in [0.2, 0.25) is 0 Å². The fourth-order valence-corrected chi connectivity index (χ4v) is 3.41. The molecule has 0 saturated carbocycles. The molecule has 0 fully saturated rings. The van der Waals surface area contributed by atoms with Crippen LogP contribution in [0.2, 0.25) is 0 Å². The van der Waals surface area contributed by atoms with E-state index in [2.05, 4.69) is 10.3 Å². The highest BCUT2D eigenvalue weighted by molar-refractivity contribution is 7.10. The summed E-state index contributed by atoms with van der Waals surface area (Å²) in [5, 5.41) is 24.9. The molecular formula is C18H15N3O4S. The lowest BCUT2D eigenvalue weighted by atomic mass is 10.1. The molecule has 2 aromatic carbocycles. The van der Waals surface area contributed by atoms with Crippen molar-refractivity contribution in [1.29, 1.82) is 0 Å². The van der Waals surface area contributed by atoms with Gasteiger partial charge in [-0.3, -0.25) is 10.1 Å². The van der Waals surface area contributed by atoms with Crippen molar-refractivity contribution in [3.05, 3.63) is 80.7 Å². The second-order valence-corrected chi connectivity index (χ2v) is 6.46. The van der Waals surface area contributed by atoms with E-state index < -0.39 is 17.1 Å². The quantitative estimate of drug-likeness (QED) is 0.499. The number of nitrogens with zero attached hydrogens (tertiary/aromatic N) is 2. The van der Waals surface area contributed by atoms with Crippen molar-refractivity contribution in [1.82, 2.24) is 10.3 Å². The fraction of sp³-hybridized carbons (Fsp3) is 0.111. The molecule has 1 amide bonds. The molecule has 0 saturated heterocycles. The minimum atomic E-state index is -1.15. The number of rotatable bonds is 6. The predicted octanol–water partition coefficient (Wildman–Crippen LogP) is 4.27. The predicted molar refractivity (Wildman–Crippen MR) is 98.3 cm³/mol. The number of hydrogen-bond acceptors (Lipinski definition) is 5. The third kappa shape index (κ3) is 4.22. The lowest BCUT2D eigenvalue weighted by Crippen LogP contribution is -2.28. The Balaban J connectivity index is 1.83. The standard InChI is InChI=1S/C18H15N3O4S/c22-18(23)20-15(10-12-6-8-14(9-7-12)21(24)25)17-19-16(11-26-17)13-4-2-1-3-5-13/h1-9,11,15,20H,10H2,(H,22,23)/t15-/m0/s1. The van der Waals surface area contributed by atoms with E-state index >= 15 is 0 Å². The van der Waals surface area contributed by atoms with Crippen LogP contribution in [-0.2, 0) is 6.42 Å². The maximum absolute atomic E-state index is 11.2. The number of nitrogens with one attached hydrogen (secondary N) is 1. The van der Waals surface area contributed by atoms with Crippen molar-refractivity contribution in [3.8, 4) is 11.3 Å². The molecule has 2 N–H and O–H groups in total. The Morgan fingerprint density at radius 1 is 1.19 bits per heavy atom. The smallest absolute Gasteiger partial charge is 0.405 e. The van der Waals surface area contributed by atoms with E-state index in [1.807, 2.05) is 35.7 Å². The van der Waals surface area contributed by atoms with Gasteiger partial charge in [0.1, 0.15) is 5.01 Å². The third-order valence-electron chi connectivity index (χ3n) is 3.77. The van der Waals surface area contributed by atoms with Gasteiger partial charge in [-0.05, 0) is 12.0 Å². The first-order chi connectivity index (χ1) is 12.5. The normalized spacial score (nSPS) is 11.7. The van der Waals surface area contributed by atoms with Crippen molar-refractivity contribution < 1.29 is 14.8 Å². The summed E-state index contributed by atoms with van der Waals surface area (Å²) in [5.41, 5.74) is 2.52. The molecule has 0 unspecified atom stereocenters.